The van der Waals surface area contributed by atoms with Gasteiger partial charge < -0.3 is 5.32 Å². The maximum absolute atomic E-state index is 11.4. The zero-order chi connectivity index (χ0) is 11.1. The highest BCUT2D eigenvalue weighted by Gasteiger charge is 2.31. The molecule has 0 atom stereocenters. The minimum atomic E-state index is 0.174. The maximum Gasteiger partial charge on any atom is 0.220 e. The molecule has 1 aliphatic rings. The predicted molar refractivity (Wildman–Crippen MR) is 64.2 cm³/mol. The minimum absolute atomic E-state index is 0.174. The monoisotopic (exact) mass is 231 g/mol. The maximum atomic E-state index is 11.4. The number of amides is 1. The van der Waals surface area contributed by atoms with Gasteiger partial charge in [-0.05, 0) is 19.3 Å². The van der Waals surface area contributed by atoms with E-state index in [1.807, 2.05) is 6.92 Å². The molecular formula is C12H22ClNO. The molecule has 1 amide bonds. The Morgan fingerprint density at radius 3 is 2.53 bits per heavy atom. The van der Waals surface area contributed by atoms with Crippen molar-refractivity contribution < 1.29 is 4.79 Å². The van der Waals surface area contributed by atoms with E-state index in [1.54, 1.807) is 0 Å². The first-order valence-corrected chi connectivity index (χ1v) is 6.58. The summed E-state index contributed by atoms with van der Waals surface area (Å²) in [5.41, 5.74) is 0.184. The van der Waals surface area contributed by atoms with Crippen LogP contribution in [0.4, 0.5) is 0 Å². The van der Waals surface area contributed by atoms with Crippen LogP contribution in [0.25, 0.3) is 0 Å². The number of alkyl halides is 1. The van der Waals surface area contributed by atoms with Gasteiger partial charge in [-0.15, -0.1) is 11.6 Å². The van der Waals surface area contributed by atoms with E-state index in [4.69, 9.17) is 11.6 Å². The van der Waals surface area contributed by atoms with Crippen molar-refractivity contribution in [2.75, 3.05) is 12.4 Å². The third kappa shape index (κ3) is 4.02. The molecule has 0 aromatic carbocycles. The van der Waals surface area contributed by atoms with Crippen LogP contribution in [0.15, 0.2) is 0 Å². The van der Waals surface area contributed by atoms with E-state index in [1.165, 1.54) is 32.1 Å². The third-order valence-electron chi connectivity index (χ3n) is 3.34. The molecule has 1 aliphatic carbocycles. The summed E-state index contributed by atoms with van der Waals surface area (Å²) < 4.78 is 0. The lowest BCUT2D eigenvalue weighted by atomic mass is 9.75. The normalized spacial score (nSPS) is 19.9. The lowest BCUT2D eigenvalue weighted by Gasteiger charge is -2.35. The lowest BCUT2D eigenvalue weighted by Crippen LogP contribution is -2.40. The van der Waals surface area contributed by atoms with Crippen molar-refractivity contribution >= 4 is 17.5 Å². The summed E-state index contributed by atoms with van der Waals surface area (Å²) in [6.07, 6.45) is 7.73. The first-order valence-electron chi connectivity index (χ1n) is 6.05. The summed E-state index contributed by atoms with van der Waals surface area (Å²) in [6, 6.07) is 0. The standard InChI is InChI=1S/C12H22ClNO/c1-2-6-11(15)14-10-12(9-13)7-4-3-5-8-12/h2-10H2,1H3,(H,14,15). The van der Waals surface area contributed by atoms with Gasteiger partial charge in [0.05, 0.1) is 0 Å². The number of rotatable bonds is 5. The largest absolute Gasteiger partial charge is 0.356 e. The first kappa shape index (κ1) is 12.8. The van der Waals surface area contributed by atoms with Gasteiger partial charge in [-0.3, -0.25) is 4.79 Å². The number of nitrogens with one attached hydrogen (secondary N) is 1. The highest BCUT2D eigenvalue weighted by molar-refractivity contribution is 6.18. The van der Waals surface area contributed by atoms with E-state index in [0.717, 1.165) is 13.0 Å². The Morgan fingerprint density at radius 2 is 2.00 bits per heavy atom. The summed E-state index contributed by atoms with van der Waals surface area (Å²) in [6.45, 7) is 2.80. The summed E-state index contributed by atoms with van der Waals surface area (Å²) in [4.78, 5) is 11.4. The molecular weight excluding hydrogens is 210 g/mol. The van der Waals surface area contributed by atoms with Crippen LogP contribution in [0, 0.1) is 5.41 Å². The van der Waals surface area contributed by atoms with Crippen LogP contribution in [0.5, 0.6) is 0 Å². The number of hydrogen-bond acceptors (Lipinski definition) is 1. The van der Waals surface area contributed by atoms with E-state index in [-0.39, 0.29) is 11.3 Å². The number of carbonyl (C=O) groups excluding carboxylic acids is 1. The second kappa shape index (κ2) is 6.37. The average molecular weight is 232 g/mol. The van der Waals surface area contributed by atoms with E-state index in [9.17, 15) is 4.79 Å². The molecule has 3 heteroatoms. The zero-order valence-electron chi connectivity index (χ0n) is 9.65. The van der Waals surface area contributed by atoms with Crippen molar-refractivity contribution in [3.63, 3.8) is 0 Å². The molecule has 0 aliphatic heterocycles. The van der Waals surface area contributed by atoms with Gasteiger partial charge >= 0.3 is 0 Å². The fourth-order valence-corrected chi connectivity index (χ4v) is 2.62. The van der Waals surface area contributed by atoms with Gasteiger partial charge in [0.15, 0.2) is 0 Å². The Balaban J connectivity index is 2.35. The Labute approximate surface area is 97.8 Å². The van der Waals surface area contributed by atoms with Gasteiger partial charge in [0.25, 0.3) is 0 Å². The van der Waals surface area contributed by atoms with Crippen molar-refractivity contribution in [2.45, 2.75) is 51.9 Å². The van der Waals surface area contributed by atoms with E-state index in [0.29, 0.717) is 12.3 Å². The molecule has 0 radical (unpaired) electrons. The molecule has 2 nitrogen and oxygen atoms in total. The van der Waals surface area contributed by atoms with Crippen molar-refractivity contribution in [3.8, 4) is 0 Å². The Hall–Kier alpha value is -0.240. The second-order valence-corrected chi connectivity index (χ2v) is 4.99. The summed E-state index contributed by atoms with van der Waals surface area (Å²) in [5.74, 6) is 0.854. The van der Waals surface area contributed by atoms with Gasteiger partial charge in [0, 0.05) is 24.3 Å². The van der Waals surface area contributed by atoms with E-state index >= 15 is 0 Å². The summed E-state index contributed by atoms with van der Waals surface area (Å²) >= 11 is 6.05. The van der Waals surface area contributed by atoms with Crippen LogP contribution < -0.4 is 5.32 Å². The number of hydrogen-bond donors (Lipinski definition) is 1. The van der Waals surface area contributed by atoms with Crippen molar-refractivity contribution in [1.29, 1.82) is 0 Å². The topological polar surface area (TPSA) is 29.1 Å². The van der Waals surface area contributed by atoms with Crippen LogP contribution in [0.1, 0.15) is 51.9 Å². The fraction of sp³-hybridized carbons (Fsp3) is 0.917. The zero-order valence-corrected chi connectivity index (χ0v) is 10.4. The highest BCUT2D eigenvalue weighted by atomic mass is 35.5. The van der Waals surface area contributed by atoms with Crippen LogP contribution in [-0.4, -0.2) is 18.3 Å². The van der Waals surface area contributed by atoms with Gasteiger partial charge in [-0.1, -0.05) is 26.2 Å². The quantitative estimate of drug-likeness (QED) is 0.724. The average Bonchev–Trinajstić information content (AvgIpc) is 2.28. The molecule has 88 valence electrons. The minimum Gasteiger partial charge on any atom is -0.356 e. The second-order valence-electron chi connectivity index (χ2n) is 4.72. The van der Waals surface area contributed by atoms with Crippen LogP contribution in [-0.2, 0) is 4.79 Å². The molecule has 1 N–H and O–H groups in total. The van der Waals surface area contributed by atoms with Crippen molar-refractivity contribution in [2.24, 2.45) is 5.41 Å². The van der Waals surface area contributed by atoms with Gasteiger partial charge in [0.2, 0.25) is 5.91 Å². The first-order chi connectivity index (χ1) is 7.22. The fourth-order valence-electron chi connectivity index (χ4n) is 2.26. The Morgan fingerprint density at radius 1 is 1.33 bits per heavy atom. The van der Waals surface area contributed by atoms with Gasteiger partial charge in [-0.2, -0.15) is 0 Å². The molecule has 0 heterocycles. The number of carbonyl (C=O) groups is 1. The van der Waals surface area contributed by atoms with Crippen molar-refractivity contribution in [1.82, 2.24) is 5.32 Å². The molecule has 1 rings (SSSR count). The third-order valence-corrected chi connectivity index (χ3v) is 3.90. The SMILES string of the molecule is CCCC(=O)NCC1(CCl)CCCCC1. The lowest BCUT2D eigenvalue weighted by molar-refractivity contribution is -0.121. The molecule has 0 bridgehead atoms. The highest BCUT2D eigenvalue weighted by Crippen LogP contribution is 2.36. The van der Waals surface area contributed by atoms with Gasteiger partial charge in [0.1, 0.15) is 0 Å². The Kier molecular flexibility index (Phi) is 5.44. The van der Waals surface area contributed by atoms with Crippen LogP contribution >= 0.6 is 11.6 Å². The molecule has 0 spiro atoms. The molecule has 1 saturated carbocycles. The Bertz CT molecular complexity index is 200. The van der Waals surface area contributed by atoms with Crippen LogP contribution in [0.2, 0.25) is 0 Å². The molecule has 0 aromatic rings. The smallest absolute Gasteiger partial charge is 0.220 e. The van der Waals surface area contributed by atoms with Crippen LogP contribution in [0.3, 0.4) is 0 Å². The predicted octanol–water partition coefficient (Wildman–Crippen LogP) is 3.09. The summed E-state index contributed by atoms with van der Waals surface area (Å²) in [7, 11) is 0. The molecule has 0 saturated heterocycles. The van der Waals surface area contributed by atoms with Gasteiger partial charge in [-0.25, -0.2) is 0 Å². The number of halogens is 1. The molecule has 15 heavy (non-hydrogen) atoms. The van der Waals surface area contributed by atoms with E-state index in [2.05, 4.69) is 5.32 Å². The molecule has 0 unspecified atom stereocenters. The summed E-state index contributed by atoms with van der Waals surface area (Å²) in [5, 5.41) is 3.02. The molecule has 1 fully saturated rings. The van der Waals surface area contributed by atoms with E-state index < -0.39 is 0 Å². The van der Waals surface area contributed by atoms with Crippen molar-refractivity contribution in [3.05, 3.63) is 0 Å². The molecule has 0 aromatic heterocycles.